The largest absolute Gasteiger partial charge is 0.471 e. The fraction of sp³-hybridized carbons (Fsp3) is 0.316. The van der Waals surface area contributed by atoms with E-state index in [0.29, 0.717) is 17.4 Å². The van der Waals surface area contributed by atoms with Crippen LogP contribution in [0.15, 0.2) is 42.5 Å². The second-order valence-electron chi connectivity index (χ2n) is 6.03. The average molecular weight is 358 g/mol. The zero-order valence-corrected chi connectivity index (χ0v) is 14.8. The summed E-state index contributed by atoms with van der Waals surface area (Å²) < 4.78 is 5.86. The van der Waals surface area contributed by atoms with Gasteiger partial charge in [0, 0.05) is 23.7 Å². The second-order valence-corrected chi connectivity index (χ2v) is 6.44. The minimum absolute atomic E-state index is 0.0387. The minimum Gasteiger partial charge on any atom is -0.471 e. The summed E-state index contributed by atoms with van der Waals surface area (Å²) in [4.78, 5) is 14.2. The molecule has 1 amide bonds. The Bertz CT molecular complexity index is 762. The topological polar surface area (TPSA) is 55.3 Å². The highest BCUT2D eigenvalue weighted by Crippen LogP contribution is 2.19. The molecule has 0 aliphatic carbocycles. The van der Waals surface area contributed by atoms with Crippen LogP contribution >= 0.6 is 11.6 Å². The molecule has 0 N–H and O–H groups in total. The molecule has 1 aromatic carbocycles. The predicted molar refractivity (Wildman–Crippen MR) is 97.5 cm³/mol. The van der Waals surface area contributed by atoms with Gasteiger partial charge in [-0.05, 0) is 43.5 Å². The Morgan fingerprint density at radius 3 is 2.88 bits per heavy atom. The first-order valence-corrected chi connectivity index (χ1v) is 8.68. The van der Waals surface area contributed by atoms with E-state index in [-0.39, 0.29) is 12.0 Å². The summed E-state index contributed by atoms with van der Waals surface area (Å²) in [6.45, 7) is 3.15. The highest BCUT2D eigenvalue weighted by Gasteiger charge is 2.24. The number of hydrogen-bond donors (Lipinski definition) is 0. The number of piperidine rings is 1. The molecule has 5 nitrogen and oxygen atoms in total. The number of carbonyl (C=O) groups excluding carboxylic acids is 1. The normalized spacial score (nSPS) is 17.7. The maximum atomic E-state index is 12.4. The van der Waals surface area contributed by atoms with Gasteiger partial charge in [0.15, 0.2) is 0 Å². The lowest BCUT2D eigenvalue weighted by Crippen LogP contribution is -2.43. The van der Waals surface area contributed by atoms with Crippen LogP contribution in [0.4, 0.5) is 0 Å². The molecule has 25 heavy (non-hydrogen) atoms. The van der Waals surface area contributed by atoms with Crippen molar-refractivity contribution in [1.29, 1.82) is 0 Å². The molecule has 6 heteroatoms. The first-order valence-electron chi connectivity index (χ1n) is 8.30. The number of likely N-dealkylation sites (tertiary alicyclic amines) is 1. The lowest BCUT2D eigenvalue weighted by Gasteiger charge is -2.31. The van der Waals surface area contributed by atoms with E-state index in [1.165, 1.54) is 0 Å². The van der Waals surface area contributed by atoms with E-state index in [0.717, 1.165) is 30.6 Å². The Labute approximate surface area is 152 Å². The fourth-order valence-corrected chi connectivity index (χ4v) is 2.93. The minimum atomic E-state index is -0.0663. The molecule has 2 heterocycles. The van der Waals surface area contributed by atoms with Crippen LogP contribution in [-0.4, -0.2) is 40.2 Å². The van der Waals surface area contributed by atoms with Crippen LogP contribution in [0, 0.1) is 6.92 Å². The SMILES string of the molecule is Cc1ccc(OC2CCCN(C(=O)/C=C/c3ccccc3Cl)C2)nn1. The predicted octanol–water partition coefficient (Wildman–Crippen LogP) is 3.52. The number of halogens is 1. The molecule has 0 saturated carbocycles. The van der Waals surface area contributed by atoms with Gasteiger partial charge in [0.05, 0.1) is 12.2 Å². The van der Waals surface area contributed by atoms with Crippen molar-refractivity contribution < 1.29 is 9.53 Å². The number of ether oxygens (including phenoxy) is 1. The van der Waals surface area contributed by atoms with Gasteiger partial charge in [-0.1, -0.05) is 29.8 Å². The van der Waals surface area contributed by atoms with Crippen LogP contribution in [0.25, 0.3) is 6.08 Å². The number of rotatable bonds is 4. The average Bonchev–Trinajstić information content (AvgIpc) is 2.63. The molecule has 0 radical (unpaired) electrons. The Hall–Kier alpha value is -2.40. The molecule has 1 aromatic heterocycles. The van der Waals surface area contributed by atoms with Crippen LogP contribution in [0.5, 0.6) is 5.88 Å². The quantitative estimate of drug-likeness (QED) is 0.785. The highest BCUT2D eigenvalue weighted by atomic mass is 35.5. The van der Waals surface area contributed by atoms with Crippen LogP contribution in [0.1, 0.15) is 24.1 Å². The molecule has 1 unspecified atom stereocenters. The molecule has 1 atom stereocenters. The van der Waals surface area contributed by atoms with Crippen molar-refractivity contribution in [2.45, 2.75) is 25.9 Å². The van der Waals surface area contributed by atoms with Gasteiger partial charge < -0.3 is 9.64 Å². The van der Waals surface area contributed by atoms with Gasteiger partial charge >= 0.3 is 0 Å². The number of aromatic nitrogens is 2. The zero-order valence-electron chi connectivity index (χ0n) is 14.1. The third-order valence-corrected chi connectivity index (χ3v) is 4.41. The van der Waals surface area contributed by atoms with E-state index in [1.54, 1.807) is 29.2 Å². The monoisotopic (exact) mass is 357 g/mol. The van der Waals surface area contributed by atoms with Crippen LogP contribution in [0.3, 0.4) is 0 Å². The number of hydrogen-bond acceptors (Lipinski definition) is 4. The van der Waals surface area contributed by atoms with Crippen LogP contribution < -0.4 is 4.74 Å². The molecule has 3 rings (SSSR count). The smallest absolute Gasteiger partial charge is 0.246 e. The number of carbonyl (C=O) groups is 1. The number of nitrogens with zero attached hydrogens (tertiary/aromatic N) is 3. The maximum Gasteiger partial charge on any atom is 0.246 e. The summed E-state index contributed by atoms with van der Waals surface area (Å²) in [6, 6.07) is 11.1. The second kappa shape index (κ2) is 8.12. The first-order chi connectivity index (χ1) is 12.1. The van der Waals surface area contributed by atoms with Gasteiger partial charge in [-0.3, -0.25) is 4.79 Å². The van der Waals surface area contributed by atoms with Crippen LogP contribution in [0.2, 0.25) is 5.02 Å². The molecular formula is C19H20ClN3O2. The van der Waals surface area contributed by atoms with E-state index in [4.69, 9.17) is 16.3 Å². The van der Waals surface area contributed by atoms with Gasteiger partial charge in [0.25, 0.3) is 0 Å². The van der Waals surface area contributed by atoms with E-state index in [9.17, 15) is 4.79 Å². The Morgan fingerprint density at radius 1 is 1.28 bits per heavy atom. The van der Waals surface area contributed by atoms with Crippen LogP contribution in [-0.2, 0) is 4.79 Å². The molecular weight excluding hydrogens is 338 g/mol. The van der Waals surface area contributed by atoms with Crippen molar-refractivity contribution in [2.75, 3.05) is 13.1 Å². The molecule has 130 valence electrons. The number of aryl methyl sites for hydroxylation is 1. The fourth-order valence-electron chi connectivity index (χ4n) is 2.73. The third kappa shape index (κ3) is 4.79. The van der Waals surface area contributed by atoms with Crippen molar-refractivity contribution in [3.8, 4) is 5.88 Å². The lowest BCUT2D eigenvalue weighted by molar-refractivity contribution is -0.128. The maximum absolute atomic E-state index is 12.4. The standard InChI is InChI=1S/C19H20ClN3O2/c1-14-8-10-18(22-21-14)25-16-6-4-12-23(13-16)19(24)11-9-15-5-2-3-7-17(15)20/h2-3,5,7-11,16H,4,6,12-13H2,1H3/b11-9+. The summed E-state index contributed by atoms with van der Waals surface area (Å²) in [5.74, 6) is 0.458. The molecule has 1 saturated heterocycles. The summed E-state index contributed by atoms with van der Waals surface area (Å²) in [7, 11) is 0. The van der Waals surface area contributed by atoms with Gasteiger partial charge in [0.2, 0.25) is 11.8 Å². The van der Waals surface area contributed by atoms with Crippen molar-refractivity contribution in [3.05, 3.63) is 58.8 Å². The Kier molecular flexibility index (Phi) is 5.66. The van der Waals surface area contributed by atoms with Gasteiger partial charge in [-0.15, -0.1) is 5.10 Å². The van der Waals surface area contributed by atoms with E-state index < -0.39 is 0 Å². The van der Waals surface area contributed by atoms with Gasteiger partial charge in [0.1, 0.15) is 6.10 Å². The summed E-state index contributed by atoms with van der Waals surface area (Å²) in [6.07, 6.45) is 5.04. The van der Waals surface area contributed by atoms with E-state index in [1.807, 2.05) is 31.2 Å². The van der Waals surface area contributed by atoms with Gasteiger partial charge in [-0.25, -0.2) is 0 Å². The molecule has 1 aliphatic heterocycles. The van der Waals surface area contributed by atoms with E-state index >= 15 is 0 Å². The molecule has 0 bridgehead atoms. The van der Waals surface area contributed by atoms with Gasteiger partial charge in [-0.2, -0.15) is 5.10 Å². The lowest BCUT2D eigenvalue weighted by atomic mass is 10.1. The summed E-state index contributed by atoms with van der Waals surface area (Å²) in [5.41, 5.74) is 1.68. The molecule has 1 fully saturated rings. The summed E-state index contributed by atoms with van der Waals surface area (Å²) in [5, 5.41) is 8.64. The van der Waals surface area contributed by atoms with Crippen molar-refractivity contribution >= 4 is 23.6 Å². The number of benzene rings is 1. The number of amides is 1. The first kappa shape index (κ1) is 17.4. The zero-order chi connectivity index (χ0) is 17.6. The molecule has 2 aromatic rings. The molecule has 1 aliphatic rings. The molecule has 0 spiro atoms. The summed E-state index contributed by atoms with van der Waals surface area (Å²) >= 11 is 6.11. The Balaban J connectivity index is 1.59. The Morgan fingerprint density at radius 2 is 2.12 bits per heavy atom. The third-order valence-electron chi connectivity index (χ3n) is 4.06. The highest BCUT2D eigenvalue weighted by molar-refractivity contribution is 6.32. The van der Waals surface area contributed by atoms with Crippen molar-refractivity contribution in [1.82, 2.24) is 15.1 Å². The van der Waals surface area contributed by atoms with Crippen molar-refractivity contribution in [3.63, 3.8) is 0 Å². The van der Waals surface area contributed by atoms with Crippen molar-refractivity contribution in [2.24, 2.45) is 0 Å². The van der Waals surface area contributed by atoms with E-state index in [2.05, 4.69) is 10.2 Å².